The Morgan fingerprint density at radius 1 is 0.781 bits per heavy atom. The number of nitrogens with zero attached hydrogens (tertiary/aromatic N) is 2. The van der Waals surface area contributed by atoms with Gasteiger partial charge in [0.1, 0.15) is 11.6 Å². The van der Waals surface area contributed by atoms with Gasteiger partial charge in [-0.15, -0.1) is 0 Å². The number of hydrogen-bond donors (Lipinski definition) is 2. The first-order valence-electron chi connectivity index (χ1n) is 10.1. The number of nitrogens with one attached hydrogen (secondary N) is 1. The highest BCUT2D eigenvalue weighted by molar-refractivity contribution is 5.75. The largest absolute Gasteiger partial charge is 0.416 e. The fourth-order valence-corrected chi connectivity index (χ4v) is 3.40. The van der Waals surface area contributed by atoms with Crippen LogP contribution >= 0.6 is 0 Å². The van der Waals surface area contributed by atoms with E-state index in [9.17, 15) is 13.2 Å². The fraction of sp³-hybridized carbons (Fsp3) is 0.120. The lowest BCUT2D eigenvalue weighted by Gasteiger charge is -2.13. The van der Waals surface area contributed by atoms with Crippen molar-refractivity contribution in [3.63, 3.8) is 0 Å². The quantitative estimate of drug-likeness (QED) is 0.386. The van der Waals surface area contributed by atoms with Crippen LogP contribution in [0.2, 0.25) is 0 Å². The van der Waals surface area contributed by atoms with Crippen molar-refractivity contribution in [2.24, 2.45) is 5.73 Å². The molecule has 0 bridgehead atoms. The lowest BCUT2D eigenvalue weighted by atomic mass is 10.0. The summed E-state index contributed by atoms with van der Waals surface area (Å²) in [6, 6.07) is 23.3. The predicted octanol–water partition coefficient (Wildman–Crippen LogP) is 6.07. The van der Waals surface area contributed by atoms with E-state index in [4.69, 9.17) is 5.73 Å². The van der Waals surface area contributed by atoms with E-state index in [0.717, 1.165) is 47.0 Å². The van der Waals surface area contributed by atoms with Crippen LogP contribution in [-0.2, 0) is 12.6 Å². The molecule has 2 aromatic carbocycles. The smallest absolute Gasteiger partial charge is 0.330 e. The van der Waals surface area contributed by atoms with Crippen LogP contribution in [0.25, 0.3) is 22.4 Å². The molecule has 4 rings (SSSR count). The van der Waals surface area contributed by atoms with Crippen molar-refractivity contribution in [3.05, 3.63) is 96.2 Å². The van der Waals surface area contributed by atoms with E-state index in [1.165, 1.54) is 0 Å². The first kappa shape index (κ1) is 21.5. The Morgan fingerprint density at radius 3 is 2.31 bits per heavy atom. The zero-order valence-corrected chi connectivity index (χ0v) is 17.1. The predicted molar refractivity (Wildman–Crippen MR) is 120 cm³/mol. The summed E-state index contributed by atoms with van der Waals surface area (Å²) in [6.45, 7) is 0.537. The van der Waals surface area contributed by atoms with Crippen molar-refractivity contribution >= 4 is 11.6 Å². The Labute approximate surface area is 184 Å². The molecule has 0 aliphatic rings. The first-order chi connectivity index (χ1) is 15.4. The highest BCUT2D eigenvalue weighted by Gasteiger charge is 2.30. The van der Waals surface area contributed by atoms with Crippen LogP contribution in [0.15, 0.2) is 85.1 Å². The Bertz CT molecular complexity index is 1210. The van der Waals surface area contributed by atoms with Gasteiger partial charge in [-0.05, 0) is 60.0 Å². The molecule has 2 aromatic heterocycles. The molecule has 2 heterocycles. The molecule has 0 saturated carbocycles. The van der Waals surface area contributed by atoms with Crippen molar-refractivity contribution < 1.29 is 13.2 Å². The average molecular weight is 434 g/mol. The minimum atomic E-state index is -4.45. The molecule has 0 aliphatic carbocycles. The monoisotopic (exact) mass is 434 g/mol. The standard InChI is InChI=1S/C25H21F3N4/c26-25(27,28)21-10-12-30-23(16-21)32-24-15-20(18-6-2-1-3-7-18)14-22(31-24)19-8-4-5-17(13-19)9-11-29/h1-8,10,12-16H,9,11,29H2,(H,30,31,32). The maximum atomic E-state index is 13.1. The maximum Gasteiger partial charge on any atom is 0.416 e. The van der Waals surface area contributed by atoms with Gasteiger partial charge in [-0.25, -0.2) is 9.97 Å². The van der Waals surface area contributed by atoms with Gasteiger partial charge in [0, 0.05) is 11.8 Å². The second-order valence-corrected chi connectivity index (χ2v) is 7.28. The molecular formula is C25H21F3N4. The van der Waals surface area contributed by atoms with Crippen molar-refractivity contribution in [2.75, 3.05) is 11.9 Å². The van der Waals surface area contributed by atoms with Crippen LogP contribution in [0.3, 0.4) is 0 Å². The summed E-state index contributed by atoms with van der Waals surface area (Å²) < 4.78 is 39.3. The second-order valence-electron chi connectivity index (χ2n) is 7.28. The van der Waals surface area contributed by atoms with Gasteiger partial charge in [0.05, 0.1) is 11.3 Å². The summed E-state index contributed by atoms with van der Waals surface area (Å²) in [6.07, 6.45) is -2.58. The molecule has 4 nitrogen and oxygen atoms in total. The molecule has 3 N–H and O–H groups in total. The van der Waals surface area contributed by atoms with E-state index in [1.54, 1.807) is 6.07 Å². The highest BCUT2D eigenvalue weighted by atomic mass is 19.4. The number of alkyl halides is 3. The van der Waals surface area contributed by atoms with Crippen molar-refractivity contribution in [1.29, 1.82) is 0 Å². The number of rotatable bonds is 6. The summed E-state index contributed by atoms with van der Waals surface area (Å²) >= 11 is 0. The van der Waals surface area contributed by atoms with Crippen molar-refractivity contribution in [1.82, 2.24) is 9.97 Å². The van der Waals surface area contributed by atoms with Crippen LogP contribution in [0, 0.1) is 0 Å². The number of hydrogen-bond acceptors (Lipinski definition) is 4. The number of pyridine rings is 2. The molecule has 0 saturated heterocycles. The van der Waals surface area contributed by atoms with E-state index in [1.807, 2.05) is 60.7 Å². The minimum absolute atomic E-state index is 0.0698. The topological polar surface area (TPSA) is 63.8 Å². The van der Waals surface area contributed by atoms with E-state index < -0.39 is 11.7 Å². The number of anilines is 2. The van der Waals surface area contributed by atoms with E-state index in [2.05, 4.69) is 15.3 Å². The van der Waals surface area contributed by atoms with Gasteiger partial charge in [0.25, 0.3) is 0 Å². The molecule has 0 radical (unpaired) electrons. The molecular weight excluding hydrogens is 413 g/mol. The lowest BCUT2D eigenvalue weighted by molar-refractivity contribution is -0.137. The SMILES string of the molecule is NCCc1cccc(-c2cc(-c3ccccc3)cc(Nc3cc(C(F)(F)F)ccn3)n2)c1. The molecule has 7 heteroatoms. The summed E-state index contributed by atoms with van der Waals surface area (Å²) in [5, 5.41) is 2.93. The Morgan fingerprint density at radius 2 is 1.56 bits per heavy atom. The molecule has 0 fully saturated rings. The third-order valence-electron chi connectivity index (χ3n) is 4.93. The number of benzene rings is 2. The van der Waals surface area contributed by atoms with Crippen molar-refractivity contribution in [2.45, 2.75) is 12.6 Å². The van der Waals surface area contributed by atoms with E-state index in [-0.39, 0.29) is 5.82 Å². The number of nitrogens with two attached hydrogens (primary N) is 1. The Balaban J connectivity index is 1.77. The van der Waals surface area contributed by atoms with E-state index >= 15 is 0 Å². The summed E-state index contributed by atoms with van der Waals surface area (Å²) in [5.74, 6) is 0.470. The number of aromatic nitrogens is 2. The molecule has 32 heavy (non-hydrogen) atoms. The molecule has 0 amide bonds. The van der Waals surface area contributed by atoms with Crippen LogP contribution in [0.4, 0.5) is 24.8 Å². The summed E-state index contributed by atoms with van der Waals surface area (Å²) in [7, 11) is 0. The van der Waals surface area contributed by atoms with Gasteiger partial charge < -0.3 is 11.1 Å². The molecule has 4 aromatic rings. The van der Waals surface area contributed by atoms with Crippen LogP contribution in [0.1, 0.15) is 11.1 Å². The Hall–Kier alpha value is -3.71. The lowest BCUT2D eigenvalue weighted by Crippen LogP contribution is -2.06. The highest BCUT2D eigenvalue weighted by Crippen LogP contribution is 2.32. The van der Waals surface area contributed by atoms with Gasteiger partial charge in [-0.1, -0.05) is 48.5 Å². The van der Waals surface area contributed by atoms with Gasteiger partial charge in [-0.3, -0.25) is 0 Å². The molecule has 0 spiro atoms. The average Bonchev–Trinajstić information content (AvgIpc) is 2.79. The summed E-state index contributed by atoms with van der Waals surface area (Å²) in [4.78, 5) is 8.68. The minimum Gasteiger partial charge on any atom is -0.330 e. The molecule has 162 valence electrons. The second kappa shape index (κ2) is 9.20. The summed E-state index contributed by atoms with van der Waals surface area (Å²) in [5.41, 5.74) is 9.45. The maximum absolute atomic E-state index is 13.1. The van der Waals surface area contributed by atoms with Gasteiger partial charge in [-0.2, -0.15) is 13.2 Å². The van der Waals surface area contributed by atoms with Crippen LogP contribution in [-0.4, -0.2) is 16.5 Å². The fourth-order valence-electron chi connectivity index (χ4n) is 3.40. The molecule has 0 aliphatic heterocycles. The zero-order valence-electron chi connectivity index (χ0n) is 17.1. The molecule has 0 atom stereocenters. The Kier molecular flexibility index (Phi) is 6.18. The van der Waals surface area contributed by atoms with Gasteiger partial charge in [0.2, 0.25) is 0 Å². The van der Waals surface area contributed by atoms with Crippen LogP contribution < -0.4 is 11.1 Å². The van der Waals surface area contributed by atoms with E-state index in [0.29, 0.717) is 18.1 Å². The third kappa shape index (κ3) is 5.12. The normalized spacial score (nSPS) is 11.4. The third-order valence-corrected chi connectivity index (χ3v) is 4.93. The number of halogens is 3. The van der Waals surface area contributed by atoms with Crippen LogP contribution in [0.5, 0.6) is 0 Å². The molecule has 0 unspecified atom stereocenters. The van der Waals surface area contributed by atoms with Crippen molar-refractivity contribution in [3.8, 4) is 22.4 Å². The van der Waals surface area contributed by atoms with Gasteiger partial charge in [0.15, 0.2) is 0 Å². The first-order valence-corrected chi connectivity index (χ1v) is 10.1. The van der Waals surface area contributed by atoms with Gasteiger partial charge >= 0.3 is 6.18 Å². The zero-order chi connectivity index (χ0) is 22.6.